The lowest BCUT2D eigenvalue weighted by atomic mass is 9.95. The van der Waals surface area contributed by atoms with E-state index in [1.165, 1.54) is 33.5 Å². The van der Waals surface area contributed by atoms with Crippen LogP contribution in [0.25, 0.3) is 11.1 Å². The number of amides is 1. The minimum absolute atomic E-state index is 0.235. The van der Waals surface area contributed by atoms with Crippen LogP contribution in [0.4, 0.5) is 0 Å². The van der Waals surface area contributed by atoms with Gasteiger partial charge in [0, 0.05) is 16.5 Å². The molecule has 29 heavy (non-hydrogen) atoms. The first-order valence-corrected chi connectivity index (χ1v) is 8.81. The molecule has 0 aliphatic heterocycles. The average Bonchev–Trinajstić information content (AvgIpc) is 3.00. The third kappa shape index (κ3) is 3.72. The second kappa shape index (κ2) is 8.43. The number of fused-ring (bicyclic) bond motifs is 3. The lowest BCUT2D eigenvalue weighted by molar-refractivity contribution is -0.119. The smallest absolute Gasteiger partial charge is 0.220 e. The minimum Gasteiger partial charge on any atom is -0.493 e. The van der Waals surface area contributed by atoms with E-state index in [1.807, 2.05) is 0 Å². The predicted molar refractivity (Wildman–Crippen MR) is 109 cm³/mol. The summed E-state index contributed by atoms with van der Waals surface area (Å²) < 4.78 is 65.8. The molecular weight excluding hydrogens is 374 g/mol. The summed E-state index contributed by atoms with van der Waals surface area (Å²) in [5, 5.41) is 2.50. The molecule has 154 valence electrons. The van der Waals surface area contributed by atoms with Gasteiger partial charge in [0.05, 0.1) is 38.5 Å². The molecule has 0 radical (unpaired) electrons. The standard InChI is InChI=1S/C22H25NO6/c1-12(24)23-16-8-6-13-10-19(27-3)21(28-4)22(29-5)20(13)14-7-9-18(26-2)17(25)11-15(14)16/h7,9-11,16H,6,8H2,1-5H3,(H,23,24)/t16-/m1/s1/i1D3,2D3. The summed E-state index contributed by atoms with van der Waals surface area (Å²) in [7, 11) is 1.47. The van der Waals surface area contributed by atoms with Gasteiger partial charge in [-0.25, -0.2) is 0 Å². The van der Waals surface area contributed by atoms with Crippen molar-refractivity contribution >= 4 is 5.91 Å². The van der Waals surface area contributed by atoms with E-state index in [0.29, 0.717) is 29.0 Å². The number of carbonyl (C=O) groups is 1. The molecule has 2 aromatic carbocycles. The summed E-state index contributed by atoms with van der Waals surface area (Å²) in [4.78, 5) is 25.3. The van der Waals surface area contributed by atoms with E-state index < -0.39 is 37.0 Å². The van der Waals surface area contributed by atoms with Crippen molar-refractivity contribution in [1.82, 2.24) is 5.32 Å². The zero-order valence-corrected chi connectivity index (χ0v) is 16.3. The Morgan fingerprint density at radius 1 is 1.07 bits per heavy atom. The Morgan fingerprint density at radius 3 is 2.52 bits per heavy atom. The van der Waals surface area contributed by atoms with Gasteiger partial charge in [-0.2, -0.15) is 0 Å². The maximum atomic E-state index is 12.9. The second-order valence-corrected chi connectivity index (χ2v) is 6.42. The molecule has 0 heterocycles. The maximum Gasteiger partial charge on any atom is 0.220 e. The highest BCUT2D eigenvalue weighted by atomic mass is 16.5. The molecule has 7 heteroatoms. The van der Waals surface area contributed by atoms with Crippen LogP contribution in [0.2, 0.25) is 0 Å². The molecule has 1 aliphatic carbocycles. The summed E-state index contributed by atoms with van der Waals surface area (Å²) in [6, 6.07) is 4.70. The first kappa shape index (κ1) is 13.9. The fourth-order valence-electron chi connectivity index (χ4n) is 3.69. The van der Waals surface area contributed by atoms with Crippen molar-refractivity contribution in [1.29, 1.82) is 0 Å². The molecule has 1 amide bonds. The van der Waals surface area contributed by atoms with Gasteiger partial charge >= 0.3 is 0 Å². The number of methoxy groups -OCH3 is 4. The zero-order chi connectivity index (χ0) is 26.1. The Morgan fingerprint density at radius 2 is 1.86 bits per heavy atom. The van der Waals surface area contributed by atoms with Crippen LogP contribution in [0.3, 0.4) is 0 Å². The van der Waals surface area contributed by atoms with Gasteiger partial charge in [-0.15, -0.1) is 0 Å². The molecule has 0 saturated carbocycles. The van der Waals surface area contributed by atoms with E-state index in [2.05, 4.69) is 5.32 Å². The lowest BCUT2D eigenvalue weighted by Crippen LogP contribution is -2.26. The van der Waals surface area contributed by atoms with Crippen LogP contribution >= 0.6 is 0 Å². The van der Waals surface area contributed by atoms with Crippen molar-refractivity contribution < 1.29 is 32.0 Å². The van der Waals surface area contributed by atoms with Crippen LogP contribution in [-0.4, -0.2) is 34.3 Å². The first-order valence-electron chi connectivity index (χ1n) is 11.8. The molecule has 3 rings (SSSR count). The van der Waals surface area contributed by atoms with Gasteiger partial charge in [0.1, 0.15) is 0 Å². The Kier molecular flexibility index (Phi) is 4.03. The Bertz CT molecular complexity index is 1190. The average molecular weight is 405 g/mol. The molecule has 0 aromatic heterocycles. The van der Waals surface area contributed by atoms with E-state index >= 15 is 0 Å². The lowest BCUT2D eigenvalue weighted by Gasteiger charge is -2.19. The van der Waals surface area contributed by atoms with Gasteiger partial charge in [0.15, 0.2) is 17.2 Å². The summed E-state index contributed by atoms with van der Waals surface area (Å²) in [6.45, 7) is -2.91. The normalized spacial score (nSPS) is 18.7. The van der Waals surface area contributed by atoms with Gasteiger partial charge in [0.25, 0.3) is 0 Å². The van der Waals surface area contributed by atoms with E-state index in [1.54, 1.807) is 6.07 Å². The molecule has 1 N–H and O–H groups in total. The number of benzene rings is 1. The third-order valence-electron chi connectivity index (χ3n) is 4.92. The molecule has 7 nitrogen and oxygen atoms in total. The quantitative estimate of drug-likeness (QED) is 0.824. The van der Waals surface area contributed by atoms with Crippen molar-refractivity contribution in [2.75, 3.05) is 28.4 Å². The Balaban J connectivity index is 2.36. The molecule has 0 unspecified atom stereocenters. The predicted octanol–water partition coefficient (Wildman–Crippen LogP) is 2.87. The van der Waals surface area contributed by atoms with Crippen LogP contribution in [0.15, 0.2) is 29.1 Å². The molecule has 0 spiro atoms. The van der Waals surface area contributed by atoms with Crippen molar-refractivity contribution in [3.8, 4) is 34.1 Å². The number of hydrogen-bond donors (Lipinski definition) is 1. The summed E-state index contributed by atoms with van der Waals surface area (Å²) in [6.07, 6.45) is 0.600. The third-order valence-corrected chi connectivity index (χ3v) is 4.92. The van der Waals surface area contributed by atoms with E-state index in [-0.39, 0.29) is 17.7 Å². The zero-order valence-electron chi connectivity index (χ0n) is 22.3. The molecular formula is C22H25NO6. The van der Waals surface area contributed by atoms with Gasteiger partial charge in [0.2, 0.25) is 17.1 Å². The molecule has 1 aliphatic rings. The van der Waals surface area contributed by atoms with Crippen LogP contribution in [-0.2, 0) is 11.2 Å². The van der Waals surface area contributed by atoms with Crippen LogP contribution in [0, 0.1) is 0 Å². The molecule has 1 atom stereocenters. The van der Waals surface area contributed by atoms with Crippen molar-refractivity contribution in [3.63, 3.8) is 0 Å². The van der Waals surface area contributed by atoms with Crippen molar-refractivity contribution in [2.24, 2.45) is 0 Å². The monoisotopic (exact) mass is 405 g/mol. The van der Waals surface area contributed by atoms with Gasteiger partial charge in [-0.05, 0) is 47.7 Å². The summed E-state index contributed by atoms with van der Waals surface area (Å²) in [5.74, 6) is -0.634. The van der Waals surface area contributed by atoms with Crippen LogP contribution in [0.1, 0.15) is 38.7 Å². The molecule has 0 bridgehead atoms. The highest BCUT2D eigenvalue weighted by Crippen LogP contribution is 2.50. The maximum absolute atomic E-state index is 12.9. The highest BCUT2D eigenvalue weighted by Gasteiger charge is 2.29. The minimum atomic E-state index is -2.91. The number of carbonyl (C=O) groups excluding carboxylic acids is 1. The van der Waals surface area contributed by atoms with Gasteiger partial charge in [-0.3, -0.25) is 9.59 Å². The highest BCUT2D eigenvalue weighted by molar-refractivity contribution is 5.83. The SMILES string of the molecule is [2H]C([2H])([2H])Oc1ccc2c(cc1=O)[C@H](NC(=O)C([2H])([2H])[2H])CCc1cc(OC)c(OC)c(OC)c1-2. The topological polar surface area (TPSA) is 83.1 Å². The second-order valence-electron chi connectivity index (χ2n) is 6.42. The van der Waals surface area contributed by atoms with Gasteiger partial charge < -0.3 is 24.3 Å². The van der Waals surface area contributed by atoms with E-state index in [9.17, 15) is 9.59 Å². The fourth-order valence-corrected chi connectivity index (χ4v) is 3.69. The summed E-state index contributed by atoms with van der Waals surface area (Å²) in [5.41, 5.74) is 1.18. The summed E-state index contributed by atoms with van der Waals surface area (Å²) >= 11 is 0. The molecule has 0 saturated heterocycles. The van der Waals surface area contributed by atoms with Gasteiger partial charge in [-0.1, -0.05) is 6.07 Å². The number of aryl methyl sites for hydroxylation is 1. The van der Waals surface area contributed by atoms with Crippen LogP contribution in [0.5, 0.6) is 23.0 Å². The van der Waals surface area contributed by atoms with Crippen LogP contribution < -0.4 is 29.7 Å². The van der Waals surface area contributed by atoms with Crippen molar-refractivity contribution in [2.45, 2.75) is 25.7 Å². The number of nitrogens with one attached hydrogen (secondary N) is 1. The van der Waals surface area contributed by atoms with Crippen molar-refractivity contribution in [3.05, 3.63) is 45.6 Å². The Hall–Kier alpha value is -3.22. The van der Waals surface area contributed by atoms with E-state index in [0.717, 1.165) is 11.6 Å². The number of hydrogen-bond acceptors (Lipinski definition) is 6. The Labute approximate surface area is 178 Å². The van der Waals surface area contributed by atoms with E-state index in [4.69, 9.17) is 27.2 Å². The number of rotatable bonds is 5. The fraction of sp³-hybridized carbons (Fsp3) is 0.364. The molecule has 0 fully saturated rings. The largest absolute Gasteiger partial charge is 0.493 e. The number of ether oxygens (including phenoxy) is 4. The molecule has 2 aromatic rings. The first-order chi connectivity index (χ1) is 16.3.